The summed E-state index contributed by atoms with van der Waals surface area (Å²) in [4.78, 5) is 13.8. The van der Waals surface area contributed by atoms with Crippen molar-refractivity contribution in [2.45, 2.75) is 19.9 Å². The Morgan fingerprint density at radius 1 is 1.11 bits per heavy atom. The van der Waals surface area contributed by atoms with E-state index >= 15 is 0 Å². The summed E-state index contributed by atoms with van der Waals surface area (Å²) in [6.07, 6.45) is 7.20. The number of piperazine rings is 1. The van der Waals surface area contributed by atoms with Gasteiger partial charge in [0.15, 0.2) is 5.82 Å². The van der Waals surface area contributed by atoms with E-state index in [0.29, 0.717) is 6.04 Å². The van der Waals surface area contributed by atoms with Crippen LogP contribution in [0.25, 0.3) is 11.3 Å². The molecule has 1 unspecified atom stereocenters. The van der Waals surface area contributed by atoms with Gasteiger partial charge in [0.1, 0.15) is 11.5 Å². The Kier molecular flexibility index (Phi) is 4.85. The normalized spacial score (nSPS) is 16.5. The Balaban J connectivity index is 1.55. The second kappa shape index (κ2) is 7.44. The van der Waals surface area contributed by atoms with Crippen LogP contribution in [0.3, 0.4) is 0 Å². The molecule has 140 valence electrons. The molecule has 0 bridgehead atoms. The summed E-state index contributed by atoms with van der Waals surface area (Å²) in [7, 11) is 0. The Morgan fingerprint density at radius 2 is 1.89 bits per heavy atom. The van der Waals surface area contributed by atoms with Crippen molar-refractivity contribution in [3.8, 4) is 11.3 Å². The molecule has 0 spiro atoms. The van der Waals surface area contributed by atoms with E-state index in [0.717, 1.165) is 48.8 Å². The van der Waals surface area contributed by atoms with Crippen LogP contribution in [0.4, 0.5) is 10.2 Å². The summed E-state index contributed by atoms with van der Waals surface area (Å²) in [5, 5.41) is 6.93. The highest BCUT2D eigenvalue weighted by Crippen LogP contribution is 2.31. The van der Waals surface area contributed by atoms with E-state index in [1.807, 2.05) is 19.3 Å². The molecule has 1 saturated heterocycles. The predicted octanol–water partition coefficient (Wildman–Crippen LogP) is 3.20. The lowest BCUT2D eigenvalue weighted by atomic mass is 10.0. The fourth-order valence-corrected chi connectivity index (χ4v) is 3.62. The van der Waals surface area contributed by atoms with E-state index in [4.69, 9.17) is 0 Å². The molecule has 27 heavy (non-hydrogen) atoms. The number of hydrogen-bond donors (Lipinski definition) is 1. The summed E-state index contributed by atoms with van der Waals surface area (Å²) in [6.45, 7) is 7.71. The van der Waals surface area contributed by atoms with Crippen molar-refractivity contribution < 1.29 is 4.39 Å². The number of nitrogens with zero attached hydrogens (tertiary/aromatic N) is 5. The Bertz CT molecular complexity index is 903. The number of benzene rings is 1. The van der Waals surface area contributed by atoms with Gasteiger partial charge in [-0.1, -0.05) is 6.07 Å². The number of H-pyrrole nitrogens is 1. The fraction of sp³-hybridized carbons (Fsp3) is 0.350. The minimum atomic E-state index is -0.258. The lowest BCUT2D eigenvalue weighted by molar-refractivity contribution is 0.198. The average Bonchev–Trinajstić information content (AvgIpc) is 3.24. The van der Waals surface area contributed by atoms with E-state index in [2.05, 4.69) is 36.9 Å². The topological polar surface area (TPSA) is 60.9 Å². The summed E-state index contributed by atoms with van der Waals surface area (Å²) in [6, 6.07) is 5.12. The number of aromatic amines is 1. The van der Waals surface area contributed by atoms with E-state index in [1.54, 1.807) is 24.5 Å². The summed E-state index contributed by atoms with van der Waals surface area (Å²) in [5.41, 5.74) is 3.72. The van der Waals surface area contributed by atoms with Crippen molar-refractivity contribution in [2.75, 3.05) is 31.1 Å². The molecule has 7 heteroatoms. The summed E-state index contributed by atoms with van der Waals surface area (Å²) < 4.78 is 13.8. The minimum Gasteiger partial charge on any atom is -0.352 e. The van der Waals surface area contributed by atoms with Crippen molar-refractivity contribution >= 4 is 5.82 Å². The molecule has 4 rings (SSSR count). The van der Waals surface area contributed by atoms with E-state index in [1.165, 1.54) is 11.6 Å². The second-order valence-corrected chi connectivity index (χ2v) is 6.92. The fourth-order valence-electron chi connectivity index (χ4n) is 3.62. The van der Waals surface area contributed by atoms with Crippen molar-refractivity contribution in [2.24, 2.45) is 0 Å². The van der Waals surface area contributed by atoms with Crippen molar-refractivity contribution in [1.82, 2.24) is 25.1 Å². The number of anilines is 1. The van der Waals surface area contributed by atoms with E-state index in [-0.39, 0.29) is 5.82 Å². The van der Waals surface area contributed by atoms with Crippen LogP contribution in [0.2, 0.25) is 0 Å². The zero-order valence-corrected chi connectivity index (χ0v) is 15.6. The van der Waals surface area contributed by atoms with Crippen LogP contribution in [0.1, 0.15) is 24.1 Å². The first-order chi connectivity index (χ1) is 13.1. The monoisotopic (exact) mass is 366 g/mol. The minimum absolute atomic E-state index is 0.258. The van der Waals surface area contributed by atoms with Crippen molar-refractivity contribution in [3.05, 3.63) is 59.9 Å². The maximum absolute atomic E-state index is 13.8. The van der Waals surface area contributed by atoms with Crippen LogP contribution >= 0.6 is 0 Å². The maximum atomic E-state index is 13.8. The predicted molar refractivity (Wildman–Crippen MR) is 103 cm³/mol. The highest BCUT2D eigenvalue weighted by molar-refractivity contribution is 5.74. The first-order valence-corrected chi connectivity index (χ1v) is 9.18. The molecule has 0 amide bonds. The quantitative estimate of drug-likeness (QED) is 0.768. The molecular weight excluding hydrogens is 343 g/mol. The van der Waals surface area contributed by atoms with Gasteiger partial charge >= 0.3 is 0 Å². The van der Waals surface area contributed by atoms with Gasteiger partial charge in [-0.3, -0.25) is 15.0 Å². The molecule has 3 heterocycles. The van der Waals surface area contributed by atoms with Gasteiger partial charge in [-0.2, -0.15) is 5.10 Å². The number of nitrogens with one attached hydrogen (secondary N) is 1. The van der Waals surface area contributed by atoms with Crippen LogP contribution in [0, 0.1) is 12.7 Å². The molecule has 1 aliphatic heterocycles. The van der Waals surface area contributed by atoms with Gasteiger partial charge in [-0.25, -0.2) is 9.37 Å². The molecule has 1 aromatic carbocycles. The molecule has 2 aromatic heterocycles. The molecule has 3 aromatic rings. The lowest BCUT2D eigenvalue weighted by Crippen LogP contribution is -2.47. The summed E-state index contributed by atoms with van der Waals surface area (Å²) in [5.74, 6) is 0.563. The van der Waals surface area contributed by atoms with Crippen LogP contribution < -0.4 is 4.90 Å². The molecule has 1 aliphatic rings. The third-order valence-electron chi connectivity index (χ3n) is 5.30. The van der Waals surface area contributed by atoms with Gasteiger partial charge in [0, 0.05) is 61.9 Å². The van der Waals surface area contributed by atoms with Gasteiger partial charge in [-0.05, 0) is 31.5 Å². The highest BCUT2D eigenvalue weighted by atomic mass is 19.1. The third-order valence-corrected chi connectivity index (χ3v) is 5.30. The van der Waals surface area contributed by atoms with Gasteiger partial charge in [0.2, 0.25) is 0 Å². The molecule has 0 aliphatic carbocycles. The van der Waals surface area contributed by atoms with Gasteiger partial charge < -0.3 is 4.90 Å². The van der Waals surface area contributed by atoms with Crippen molar-refractivity contribution in [1.29, 1.82) is 0 Å². The van der Waals surface area contributed by atoms with Crippen LogP contribution in [0.15, 0.2) is 43.0 Å². The molecule has 1 fully saturated rings. The number of aryl methyl sites for hydroxylation is 1. The molecule has 0 radical (unpaired) electrons. The average molecular weight is 366 g/mol. The second-order valence-electron chi connectivity index (χ2n) is 6.92. The van der Waals surface area contributed by atoms with E-state index in [9.17, 15) is 4.39 Å². The zero-order chi connectivity index (χ0) is 18.8. The third kappa shape index (κ3) is 3.55. The van der Waals surface area contributed by atoms with Crippen molar-refractivity contribution in [3.63, 3.8) is 0 Å². The smallest absolute Gasteiger partial charge is 0.155 e. The van der Waals surface area contributed by atoms with Crippen LogP contribution in [-0.2, 0) is 0 Å². The number of hydrogen-bond acceptors (Lipinski definition) is 5. The van der Waals surface area contributed by atoms with Crippen LogP contribution in [0.5, 0.6) is 0 Å². The standard InChI is InChI=1S/C20H23FN6/c1-14-3-4-17(21)11-18(14)19-20(23-6-5-22-19)27-9-7-26(8-10-27)15(2)16-12-24-25-13-16/h3-6,11-13,15H,7-10H2,1-2H3,(H,24,25). The zero-order valence-electron chi connectivity index (χ0n) is 15.6. The Hall–Kier alpha value is -2.80. The molecule has 1 N–H and O–H groups in total. The number of rotatable bonds is 4. The largest absolute Gasteiger partial charge is 0.352 e. The lowest BCUT2D eigenvalue weighted by Gasteiger charge is -2.38. The number of aromatic nitrogens is 4. The Morgan fingerprint density at radius 3 is 2.63 bits per heavy atom. The molecule has 0 saturated carbocycles. The molecular formula is C20H23FN6. The highest BCUT2D eigenvalue weighted by Gasteiger charge is 2.25. The molecule has 6 nitrogen and oxygen atoms in total. The first-order valence-electron chi connectivity index (χ1n) is 9.18. The number of halogens is 1. The summed E-state index contributed by atoms with van der Waals surface area (Å²) >= 11 is 0. The van der Waals surface area contributed by atoms with Gasteiger partial charge in [0.25, 0.3) is 0 Å². The first kappa shape index (κ1) is 17.6. The SMILES string of the molecule is Cc1ccc(F)cc1-c1nccnc1N1CCN(C(C)c2cn[nH]c2)CC1. The Labute approximate surface area is 158 Å². The van der Waals surface area contributed by atoms with Gasteiger partial charge in [-0.15, -0.1) is 0 Å². The van der Waals surface area contributed by atoms with E-state index < -0.39 is 0 Å². The molecule has 1 atom stereocenters. The van der Waals surface area contributed by atoms with Gasteiger partial charge in [0.05, 0.1) is 6.20 Å². The maximum Gasteiger partial charge on any atom is 0.155 e. The van der Waals surface area contributed by atoms with Crippen LogP contribution in [-0.4, -0.2) is 51.2 Å².